The van der Waals surface area contributed by atoms with Crippen molar-refractivity contribution in [3.63, 3.8) is 0 Å². The highest BCUT2D eigenvalue weighted by Gasteiger charge is 2.08. The Morgan fingerprint density at radius 2 is 1.03 bits per heavy atom. The molecule has 2 heterocycles. The minimum Gasteiger partial charge on any atom is -0.201 e. The molecule has 5 rings (SSSR count). The highest BCUT2D eigenvalue weighted by atomic mass is 79.9. The average molecular weight is 467 g/mol. The van der Waals surface area contributed by atoms with Gasteiger partial charge in [0.1, 0.15) is 0 Å². The Kier molecular flexibility index (Phi) is 5.59. The second-order valence-electron chi connectivity index (χ2n) is 7.83. The zero-order chi connectivity index (χ0) is 21.0. The molecule has 0 saturated heterocycles. The summed E-state index contributed by atoms with van der Waals surface area (Å²) >= 11 is 3.49. The smallest absolute Gasteiger partial charge is 0.173 e. The fraction of sp³-hybridized carbons (Fsp3) is 0.0714. The standard InChI is InChI=1S/C28H23BrN2/c29-28-9-6-22(7-10-28)20-30-15-11-25(12-16-30)26-13-17-31(18-14-26)21-23-5-8-24-3-1-2-4-27(24)19-23/h1-19H,20-21H2/q+2. The number of benzene rings is 3. The first-order valence-corrected chi connectivity index (χ1v) is 11.2. The molecule has 0 fully saturated rings. The van der Waals surface area contributed by atoms with Crippen LogP contribution in [0.25, 0.3) is 21.9 Å². The molecule has 0 radical (unpaired) electrons. The van der Waals surface area contributed by atoms with Crippen molar-refractivity contribution < 1.29 is 9.13 Å². The van der Waals surface area contributed by atoms with Crippen molar-refractivity contribution in [2.24, 2.45) is 0 Å². The van der Waals surface area contributed by atoms with Gasteiger partial charge in [0.15, 0.2) is 37.9 Å². The number of hydrogen-bond donors (Lipinski definition) is 0. The van der Waals surface area contributed by atoms with Crippen LogP contribution in [-0.4, -0.2) is 0 Å². The van der Waals surface area contributed by atoms with Crippen molar-refractivity contribution in [2.45, 2.75) is 13.1 Å². The maximum absolute atomic E-state index is 3.49. The summed E-state index contributed by atoms with van der Waals surface area (Å²) in [5.41, 5.74) is 5.05. The lowest BCUT2D eigenvalue weighted by Crippen LogP contribution is -2.33. The summed E-state index contributed by atoms with van der Waals surface area (Å²) in [6, 6.07) is 32.4. The molecular formula is C28H23BrN2+2. The number of nitrogens with zero attached hydrogens (tertiary/aromatic N) is 2. The van der Waals surface area contributed by atoms with Gasteiger partial charge in [0.25, 0.3) is 0 Å². The maximum atomic E-state index is 3.49. The molecule has 31 heavy (non-hydrogen) atoms. The van der Waals surface area contributed by atoms with E-state index in [1.54, 1.807) is 0 Å². The lowest BCUT2D eigenvalue weighted by molar-refractivity contribution is -0.688. The van der Waals surface area contributed by atoms with Crippen molar-refractivity contribution in [2.75, 3.05) is 0 Å². The van der Waals surface area contributed by atoms with Gasteiger partial charge in [0.05, 0.1) is 0 Å². The molecule has 2 nitrogen and oxygen atoms in total. The molecule has 0 amide bonds. The first-order chi connectivity index (χ1) is 15.2. The van der Waals surface area contributed by atoms with Gasteiger partial charge >= 0.3 is 0 Å². The van der Waals surface area contributed by atoms with Gasteiger partial charge in [-0.15, -0.1) is 0 Å². The summed E-state index contributed by atoms with van der Waals surface area (Å²) in [6.07, 6.45) is 8.61. The molecule has 3 aromatic carbocycles. The van der Waals surface area contributed by atoms with Crippen molar-refractivity contribution in [1.29, 1.82) is 0 Å². The molecule has 0 aliphatic heterocycles. The van der Waals surface area contributed by atoms with Crippen molar-refractivity contribution in [1.82, 2.24) is 0 Å². The Morgan fingerprint density at radius 3 is 1.65 bits per heavy atom. The number of aromatic nitrogens is 2. The van der Waals surface area contributed by atoms with Gasteiger partial charge in [-0.3, -0.25) is 0 Å². The second kappa shape index (κ2) is 8.83. The first kappa shape index (κ1) is 19.7. The molecule has 2 aromatic heterocycles. The topological polar surface area (TPSA) is 7.76 Å². The highest BCUT2D eigenvalue weighted by Crippen LogP contribution is 2.18. The van der Waals surface area contributed by atoms with Gasteiger partial charge in [-0.25, -0.2) is 9.13 Å². The van der Waals surface area contributed by atoms with E-state index in [4.69, 9.17) is 0 Å². The predicted molar refractivity (Wildman–Crippen MR) is 129 cm³/mol. The quantitative estimate of drug-likeness (QED) is 0.283. The number of halogens is 1. The van der Waals surface area contributed by atoms with Crippen LogP contribution in [0.1, 0.15) is 11.1 Å². The Labute approximate surface area is 191 Å². The number of rotatable bonds is 5. The molecule has 0 bridgehead atoms. The van der Waals surface area contributed by atoms with Gasteiger partial charge in [-0.05, 0) is 40.1 Å². The van der Waals surface area contributed by atoms with Crippen LogP contribution in [0.4, 0.5) is 0 Å². The van der Waals surface area contributed by atoms with E-state index in [9.17, 15) is 0 Å². The Morgan fingerprint density at radius 1 is 0.516 bits per heavy atom. The molecular weight excluding hydrogens is 444 g/mol. The van der Waals surface area contributed by atoms with Crippen LogP contribution in [-0.2, 0) is 13.1 Å². The van der Waals surface area contributed by atoms with E-state index in [0.29, 0.717) is 0 Å². The second-order valence-corrected chi connectivity index (χ2v) is 8.74. The monoisotopic (exact) mass is 466 g/mol. The Balaban J connectivity index is 1.28. The van der Waals surface area contributed by atoms with Gasteiger partial charge < -0.3 is 0 Å². The van der Waals surface area contributed by atoms with E-state index < -0.39 is 0 Å². The van der Waals surface area contributed by atoms with E-state index >= 15 is 0 Å². The van der Waals surface area contributed by atoms with Gasteiger partial charge in [0.2, 0.25) is 0 Å². The molecule has 150 valence electrons. The van der Waals surface area contributed by atoms with Crippen LogP contribution in [0.5, 0.6) is 0 Å². The lowest BCUT2D eigenvalue weighted by atomic mass is 10.1. The summed E-state index contributed by atoms with van der Waals surface area (Å²) in [6.45, 7) is 1.74. The Bertz CT molecular complexity index is 1310. The molecule has 3 heteroatoms. The summed E-state index contributed by atoms with van der Waals surface area (Å²) in [5, 5.41) is 2.57. The molecule has 0 N–H and O–H groups in total. The van der Waals surface area contributed by atoms with Crippen molar-refractivity contribution in [3.05, 3.63) is 131 Å². The van der Waals surface area contributed by atoms with E-state index in [2.05, 4.69) is 141 Å². The predicted octanol–water partition coefficient (Wildman–Crippen LogP) is 5.94. The molecule has 0 saturated carbocycles. The number of pyridine rings is 2. The molecule has 5 aromatic rings. The largest absolute Gasteiger partial charge is 0.201 e. The zero-order valence-corrected chi connectivity index (χ0v) is 18.7. The summed E-state index contributed by atoms with van der Waals surface area (Å²) in [4.78, 5) is 0. The van der Waals surface area contributed by atoms with E-state index in [1.807, 2.05) is 0 Å². The molecule has 0 unspecified atom stereocenters. The zero-order valence-electron chi connectivity index (χ0n) is 17.2. The lowest BCUT2D eigenvalue weighted by Gasteiger charge is -2.03. The van der Waals surface area contributed by atoms with Crippen molar-refractivity contribution in [3.8, 4) is 11.1 Å². The third kappa shape index (κ3) is 4.73. The minimum absolute atomic E-state index is 0.868. The van der Waals surface area contributed by atoms with Crippen LogP contribution in [0.15, 0.2) is 120 Å². The number of fused-ring (bicyclic) bond motifs is 1. The third-order valence-electron chi connectivity index (χ3n) is 5.57. The molecule has 0 aliphatic carbocycles. The minimum atomic E-state index is 0.868. The average Bonchev–Trinajstić information content (AvgIpc) is 2.82. The normalized spacial score (nSPS) is 11.0. The van der Waals surface area contributed by atoms with Crippen LogP contribution in [0.2, 0.25) is 0 Å². The van der Waals surface area contributed by atoms with E-state index in [1.165, 1.54) is 33.0 Å². The van der Waals surface area contributed by atoms with Gasteiger partial charge in [-0.1, -0.05) is 64.5 Å². The van der Waals surface area contributed by atoms with Crippen LogP contribution >= 0.6 is 15.9 Å². The maximum Gasteiger partial charge on any atom is 0.173 e. The van der Waals surface area contributed by atoms with E-state index in [0.717, 1.165) is 17.6 Å². The van der Waals surface area contributed by atoms with Gasteiger partial charge in [-0.2, -0.15) is 0 Å². The molecule has 0 aliphatic rings. The fourth-order valence-corrected chi connectivity index (χ4v) is 4.12. The molecule has 0 atom stereocenters. The third-order valence-corrected chi connectivity index (χ3v) is 6.10. The van der Waals surface area contributed by atoms with Crippen LogP contribution < -0.4 is 9.13 Å². The summed E-state index contributed by atoms with van der Waals surface area (Å²) in [7, 11) is 0. The number of hydrogen-bond acceptors (Lipinski definition) is 0. The highest BCUT2D eigenvalue weighted by molar-refractivity contribution is 9.10. The SMILES string of the molecule is Brc1ccc(C[n+]2ccc(-c3cc[n+](Cc4ccc5ccccc5c4)cc3)cc2)cc1. The van der Waals surface area contributed by atoms with Crippen LogP contribution in [0.3, 0.4) is 0 Å². The van der Waals surface area contributed by atoms with Crippen molar-refractivity contribution >= 4 is 26.7 Å². The summed E-state index contributed by atoms with van der Waals surface area (Å²) < 4.78 is 5.54. The molecule has 0 spiro atoms. The van der Waals surface area contributed by atoms with E-state index in [-0.39, 0.29) is 0 Å². The van der Waals surface area contributed by atoms with Crippen LogP contribution in [0, 0.1) is 0 Å². The summed E-state index contributed by atoms with van der Waals surface area (Å²) in [5.74, 6) is 0. The first-order valence-electron chi connectivity index (χ1n) is 10.4. The van der Waals surface area contributed by atoms with Gasteiger partial charge in [0, 0.05) is 39.9 Å². The fourth-order valence-electron chi connectivity index (χ4n) is 3.86. The Hall–Kier alpha value is -3.30.